The molecule has 0 radical (unpaired) electrons. The molecule has 3 heterocycles. The summed E-state index contributed by atoms with van der Waals surface area (Å²) in [6, 6.07) is 23.6. The number of para-hydroxylation sites is 2. The van der Waals surface area contributed by atoms with Gasteiger partial charge in [0.05, 0.1) is 24.5 Å². The fourth-order valence-corrected chi connectivity index (χ4v) is 5.14. The molecule has 8 heteroatoms. The molecule has 0 saturated carbocycles. The highest BCUT2D eigenvalue weighted by atomic mass is 32.1. The molecule has 0 bridgehead atoms. The van der Waals surface area contributed by atoms with Crippen molar-refractivity contribution in [1.82, 2.24) is 14.9 Å². The van der Waals surface area contributed by atoms with E-state index in [4.69, 9.17) is 17.0 Å². The number of anilines is 2. The first-order chi connectivity index (χ1) is 18.0. The third-order valence-electron chi connectivity index (χ3n) is 6.61. The summed E-state index contributed by atoms with van der Waals surface area (Å²) in [7, 11) is 1.68. The lowest BCUT2D eigenvalue weighted by molar-refractivity contribution is -0.115. The number of benzene rings is 2. The summed E-state index contributed by atoms with van der Waals surface area (Å²) in [5.74, 6) is 0.762. The van der Waals surface area contributed by atoms with Gasteiger partial charge in [0, 0.05) is 35.9 Å². The van der Waals surface area contributed by atoms with E-state index in [0.29, 0.717) is 11.5 Å². The maximum absolute atomic E-state index is 12.0. The van der Waals surface area contributed by atoms with Crippen LogP contribution in [0.1, 0.15) is 42.4 Å². The second-order valence-electron chi connectivity index (χ2n) is 8.87. The Morgan fingerprint density at radius 1 is 1.11 bits per heavy atom. The Labute approximate surface area is 222 Å². The Hall–Kier alpha value is -4.17. The second-order valence-corrected chi connectivity index (χ2v) is 9.26. The van der Waals surface area contributed by atoms with Crippen LogP contribution in [0.3, 0.4) is 0 Å². The Bertz CT molecular complexity index is 1440. The number of ether oxygens (including phenoxy) is 1. The van der Waals surface area contributed by atoms with Crippen molar-refractivity contribution in [1.29, 1.82) is 0 Å². The van der Waals surface area contributed by atoms with Crippen molar-refractivity contribution in [3.05, 3.63) is 102 Å². The van der Waals surface area contributed by atoms with Gasteiger partial charge in [0.2, 0.25) is 5.91 Å². The molecule has 188 valence electrons. The molecule has 1 aliphatic rings. The van der Waals surface area contributed by atoms with E-state index >= 15 is 0 Å². The molecule has 4 aromatic rings. The lowest BCUT2D eigenvalue weighted by Crippen LogP contribution is -2.30. The van der Waals surface area contributed by atoms with Crippen molar-refractivity contribution >= 4 is 34.6 Å². The third kappa shape index (κ3) is 4.68. The first kappa shape index (κ1) is 24.5. The van der Waals surface area contributed by atoms with Gasteiger partial charge >= 0.3 is 0 Å². The molecule has 2 aromatic carbocycles. The first-order valence-corrected chi connectivity index (χ1v) is 12.6. The summed E-state index contributed by atoms with van der Waals surface area (Å²) in [6.45, 7) is 3.83. The van der Waals surface area contributed by atoms with Gasteiger partial charge in [0.1, 0.15) is 11.8 Å². The van der Waals surface area contributed by atoms with Crippen LogP contribution in [0.4, 0.5) is 11.4 Å². The van der Waals surface area contributed by atoms with Gasteiger partial charge in [-0.2, -0.15) is 0 Å². The van der Waals surface area contributed by atoms with E-state index in [1.165, 1.54) is 0 Å². The SMILES string of the molecule is CCC(=O)Nc1ccc(N2C(=S)N[C@@H](c3ccccn3)[C@@H]2c2cccn2-c2ccccc2OC)cc1C. The smallest absolute Gasteiger partial charge is 0.224 e. The zero-order valence-corrected chi connectivity index (χ0v) is 21.8. The third-order valence-corrected chi connectivity index (χ3v) is 6.92. The van der Waals surface area contributed by atoms with Crippen LogP contribution in [0, 0.1) is 6.92 Å². The van der Waals surface area contributed by atoms with Crippen molar-refractivity contribution in [2.24, 2.45) is 0 Å². The normalized spacial score (nSPS) is 16.9. The van der Waals surface area contributed by atoms with Crippen LogP contribution in [0.5, 0.6) is 5.75 Å². The number of carbonyl (C=O) groups is 1. The molecule has 0 unspecified atom stereocenters. The van der Waals surface area contributed by atoms with Crippen molar-refractivity contribution in [3.8, 4) is 11.4 Å². The molecule has 1 amide bonds. The van der Waals surface area contributed by atoms with Crippen LogP contribution in [0.25, 0.3) is 5.69 Å². The number of nitrogens with zero attached hydrogens (tertiary/aromatic N) is 3. The molecule has 1 saturated heterocycles. The lowest BCUT2D eigenvalue weighted by Gasteiger charge is -2.29. The van der Waals surface area contributed by atoms with Crippen molar-refractivity contribution < 1.29 is 9.53 Å². The molecule has 2 atom stereocenters. The summed E-state index contributed by atoms with van der Waals surface area (Å²) >= 11 is 5.91. The number of hydrogen-bond acceptors (Lipinski definition) is 4. The molecule has 2 aromatic heterocycles. The molecule has 2 N–H and O–H groups in total. The molecule has 0 aliphatic carbocycles. The minimum absolute atomic E-state index is 0.0167. The predicted molar refractivity (Wildman–Crippen MR) is 150 cm³/mol. The molecule has 1 fully saturated rings. The molecule has 0 spiro atoms. The molecular formula is C29H29N5O2S. The average molecular weight is 512 g/mol. The summed E-state index contributed by atoms with van der Waals surface area (Å²) in [5.41, 5.74) is 5.56. The summed E-state index contributed by atoms with van der Waals surface area (Å²) in [4.78, 5) is 18.8. The maximum Gasteiger partial charge on any atom is 0.224 e. The van der Waals surface area contributed by atoms with E-state index < -0.39 is 0 Å². The van der Waals surface area contributed by atoms with Gasteiger partial charge in [0.25, 0.3) is 0 Å². The first-order valence-electron chi connectivity index (χ1n) is 12.2. The van der Waals surface area contributed by atoms with E-state index in [9.17, 15) is 4.79 Å². The van der Waals surface area contributed by atoms with Gasteiger partial charge < -0.3 is 24.8 Å². The number of methoxy groups -OCH3 is 1. The summed E-state index contributed by atoms with van der Waals surface area (Å²) in [6.07, 6.45) is 4.26. The Morgan fingerprint density at radius 2 is 1.92 bits per heavy atom. The second kappa shape index (κ2) is 10.4. The highest BCUT2D eigenvalue weighted by Gasteiger charge is 2.42. The minimum Gasteiger partial charge on any atom is -0.495 e. The molecule has 5 rings (SSSR count). The highest BCUT2D eigenvalue weighted by molar-refractivity contribution is 7.80. The van der Waals surface area contributed by atoms with Gasteiger partial charge in [-0.3, -0.25) is 9.78 Å². The van der Waals surface area contributed by atoms with Crippen LogP contribution >= 0.6 is 12.2 Å². The van der Waals surface area contributed by atoms with E-state index in [2.05, 4.69) is 37.2 Å². The van der Waals surface area contributed by atoms with Crippen LogP contribution in [-0.4, -0.2) is 27.7 Å². The maximum atomic E-state index is 12.0. The Balaban J connectivity index is 1.63. The van der Waals surface area contributed by atoms with E-state index in [-0.39, 0.29) is 18.0 Å². The van der Waals surface area contributed by atoms with Crippen LogP contribution < -0.4 is 20.3 Å². The van der Waals surface area contributed by atoms with Gasteiger partial charge in [0.15, 0.2) is 5.11 Å². The summed E-state index contributed by atoms with van der Waals surface area (Å²) in [5, 5.41) is 7.10. The number of thiocarbonyl (C=S) groups is 1. The number of carbonyl (C=O) groups excluding carboxylic acids is 1. The topological polar surface area (TPSA) is 71.4 Å². The zero-order chi connectivity index (χ0) is 25.9. The number of hydrogen-bond donors (Lipinski definition) is 2. The van der Waals surface area contributed by atoms with Crippen molar-refractivity contribution in [2.75, 3.05) is 17.3 Å². The number of rotatable bonds is 7. The fourth-order valence-electron chi connectivity index (χ4n) is 4.79. The van der Waals surface area contributed by atoms with Gasteiger partial charge in [-0.25, -0.2) is 0 Å². The number of amides is 1. The van der Waals surface area contributed by atoms with E-state index in [1.54, 1.807) is 13.3 Å². The van der Waals surface area contributed by atoms with Crippen LogP contribution in [-0.2, 0) is 4.79 Å². The molecule has 37 heavy (non-hydrogen) atoms. The van der Waals surface area contributed by atoms with Crippen LogP contribution in [0.2, 0.25) is 0 Å². The van der Waals surface area contributed by atoms with Gasteiger partial charge in [-0.15, -0.1) is 0 Å². The lowest BCUT2D eigenvalue weighted by atomic mass is 10.00. The monoisotopic (exact) mass is 511 g/mol. The molecule has 1 aliphatic heterocycles. The summed E-state index contributed by atoms with van der Waals surface area (Å²) < 4.78 is 7.82. The van der Waals surface area contributed by atoms with Gasteiger partial charge in [-0.1, -0.05) is 25.1 Å². The largest absolute Gasteiger partial charge is 0.495 e. The number of aromatic nitrogens is 2. The van der Waals surface area contributed by atoms with Crippen molar-refractivity contribution in [2.45, 2.75) is 32.4 Å². The Kier molecular flexibility index (Phi) is 6.92. The Morgan fingerprint density at radius 3 is 2.65 bits per heavy atom. The number of nitrogens with one attached hydrogen (secondary N) is 2. The number of aryl methyl sites for hydroxylation is 1. The molecular weight excluding hydrogens is 482 g/mol. The van der Waals surface area contributed by atoms with Crippen LogP contribution in [0.15, 0.2) is 85.2 Å². The van der Waals surface area contributed by atoms with E-state index in [0.717, 1.165) is 39.8 Å². The zero-order valence-electron chi connectivity index (χ0n) is 21.0. The quantitative estimate of drug-likeness (QED) is 0.310. The standard InChI is InChI=1S/C29H29N5O2S/c1-4-26(35)31-21-15-14-20(18-19(21)2)34-28(27(32-29(34)37)22-10-7-8-16-30-22)24-12-9-17-33(24)23-11-5-6-13-25(23)36-3/h5-18,27-28H,4H2,1-3H3,(H,31,35)(H,32,37)/t27-,28-/m0/s1. The molecule has 7 nitrogen and oxygen atoms in total. The van der Waals surface area contributed by atoms with Gasteiger partial charge in [-0.05, 0) is 79.3 Å². The fraction of sp³-hybridized carbons (Fsp3) is 0.207. The van der Waals surface area contributed by atoms with Crippen molar-refractivity contribution in [3.63, 3.8) is 0 Å². The highest BCUT2D eigenvalue weighted by Crippen LogP contribution is 2.43. The number of pyridine rings is 1. The van der Waals surface area contributed by atoms with E-state index in [1.807, 2.05) is 80.7 Å². The average Bonchev–Trinajstić information content (AvgIpc) is 3.54. The minimum atomic E-state index is -0.196. The predicted octanol–water partition coefficient (Wildman–Crippen LogP) is 5.71.